The van der Waals surface area contributed by atoms with Crippen LogP contribution in [0.4, 0.5) is 0 Å². The number of hydrogen-bond donors (Lipinski definition) is 1. The van der Waals surface area contributed by atoms with Crippen molar-refractivity contribution in [2.24, 2.45) is 5.10 Å². The Morgan fingerprint density at radius 1 is 0.900 bits per heavy atom. The van der Waals surface area contributed by atoms with Gasteiger partial charge in [0.05, 0.1) is 17.3 Å². The number of nitrogens with zero attached hydrogens (tertiary/aromatic N) is 2. The molecule has 0 spiro atoms. The highest BCUT2D eigenvalue weighted by Crippen LogP contribution is 2.21. The quantitative estimate of drug-likeness (QED) is 0.237. The van der Waals surface area contributed by atoms with Gasteiger partial charge in [0.15, 0.2) is 0 Å². The number of carbonyl (C=O) groups is 2. The number of hydrazone groups is 1. The molecule has 30 heavy (non-hydrogen) atoms. The second-order valence-corrected chi connectivity index (χ2v) is 6.43. The van der Waals surface area contributed by atoms with Crippen LogP contribution in [0, 0.1) is 0 Å². The van der Waals surface area contributed by atoms with E-state index in [1.807, 2.05) is 36.4 Å². The summed E-state index contributed by atoms with van der Waals surface area (Å²) in [7, 11) is 0. The van der Waals surface area contributed by atoms with Crippen molar-refractivity contribution in [3.05, 3.63) is 108 Å². The summed E-state index contributed by atoms with van der Waals surface area (Å²) in [6.45, 7) is 0. The van der Waals surface area contributed by atoms with E-state index in [0.717, 1.165) is 16.3 Å². The van der Waals surface area contributed by atoms with Crippen molar-refractivity contribution >= 4 is 28.9 Å². The Kier molecular flexibility index (Phi) is 5.57. The first kappa shape index (κ1) is 19.0. The molecule has 1 heterocycles. The number of amides is 1. The predicted molar refractivity (Wildman–Crippen MR) is 115 cm³/mol. The Hall–Kier alpha value is -4.32. The van der Waals surface area contributed by atoms with Gasteiger partial charge in [0.2, 0.25) is 0 Å². The van der Waals surface area contributed by atoms with Gasteiger partial charge in [-0.25, -0.2) is 10.2 Å². The molecule has 0 aliphatic rings. The molecule has 0 fully saturated rings. The number of ether oxygens (including phenoxy) is 1. The van der Waals surface area contributed by atoms with Crippen LogP contribution in [0.25, 0.3) is 10.8 Å². The summed E-state index contributed by atoms with van der Waals surface area (Å²) in [6.07, 6.45) is 4.56. The number of aromatic nitrogens is 1. The van der Waals surface area contributed by atoms with E-state index in [-0.39, 0.29) is 5.91 Å². The van der Waals surface area contributed by atoms with Crippen LogP contribution in [0.15, 0.2) is 96.4 Å². The Balaban J connectivity index is 1.40. The van der Waals surface area contributed by atoms with Gasteiger partial charge in [0, 0.05) is 12.4 Å². The normalized spacial score (nSPS) is 10.8. The van der Waals surface area contributed by atoms with Crippen LogP contribution < -0.4 is 10.2 Å². The van der Waals surface area contributed by atoms with E-state index in [1.165, 1.54) is 12.4 Å². The first-order valence-electron chi connectivity index (χ1n) is 9.24. The fourth-order valence-corrected chi connectivity index (χ4v) is 2.91. The molecule has 1 amide bonds. The number of hydrogen-bond acceptors (Lipinski definition) is 5. The molecule has 0 saturated carbocycles. The van der Waals surface area contributed by atoms with E-state index in [9.17, 15) is 9.59 Å². The Bertz CT molecular complexity index is 1210. The number of nitrogens with one attached hydrogen (secondary N) is 1. The lowest BCUT2D eigenvalue weighted by Crippen LogP contribution is -2.17. The van der Waals surface area contributed by atoms with Crippen molar-refractivity contribution in [1.82, 2.24) is 10.4 Å². The monoisotopic (exact) mass is 395 g/mol. The third-order valence-corrected chi connectivity index (χ3v) is 4.40. The van der Waals surface area contributed by atoms with Crippen LogP contribution in [0.5, 0.6) is 5.75 Å². The van der Waals surface area contributed by atoms with Crippen LogP contribution >= 0.6 is 0 Å². The smallest absolute Gasteiger partial charge is 0.344 e. The Labute approximate surface area is 172 Å². The molecule has 0 radical (unpaired) electrons. The lowest BCUT2D eigenvalue weighted by Gasteiger charge is -2.07. The van der Waals surface area contributed by atoms with Crippen LogP contribution in [-0.2, 0) is 0 Å². The third kappa shape index (κ3) is 4.39. The number of benzene rings is 3. The molecule has 0 atom stereocenters. The van der Waals surface area contributed by atoms with Crippen molar-refractivity contribution in [3.8, 4) is 5.75 Å². The van der Waals surface area contributed by atoms with Gasteiger partial charge in [-0.2, -0.15) is 5.10 Å². The summed E-state index contributed by atoms with van der Waals surface area (Å²) in [6, 6.07) is 23.4. The van der Waals surface area contributed by atoms with Gasteiger partial charge in [0.1, 0.15) is 5.75 Å². The minimum Gasteiger partial charge on any atom is -0.423 e. The fourth-order valence-electron chi connectivity index (χ4n) is 2.91. The van der Waals surface area contributed by atoms with Crippen molar-refractivity contribution in [2.45, 2.75) is 0 Å². The molecule has 0 unspecified atom stereocenters. The predicted octanol–water partition coefficient (Wildman–Crippen LogP) is 4.22. The van der Waals surface area contributed by atoms with Crippen LogP contribution in [-0.4, -0.2) is 23.1 Å². The average molecular weight is 395 g/mol. The highest BCUT2D eigenvalue weighted by molar-refractivity contribution is 6.05. The van der Waals surface area contributed by atoms with Gasteiger partial charge in [0.25, 0.3) is 5.91 Å². The summed E-state index contributed by atoms with van der Waals surface area (Å²) in [5, 5.41) is 5.75. The lowest BCUT2D eigenvalue weighted by atomic mass is 10.0. The zero-order valence-electron chi connectivity index (χ0n) is 15.9. The number of rotatable bonds is 5. The first-order chi connectivity index (χ1) is 14.7. The van der Waals surface area contributed by atoms with Crippen molar-refractivity contribution in [2.75, 3.05) is 0 Å². The van der Waals surface area contributed by atoms with Gasteiger partial charge < -0.3 is 4.74 Å². The maximum absolute atomic E-state index is 12.6. The number of esters is 1. The zero-order valence-corrected chi connectivity index (χ0v) is 15.9. The molecule has 4 rings (SSSR count). The van der Waals surface area contributed by atoms with Crippen molar-refractivity contribution in [1.29, 1.82) is 0 Å². The second-order valence-electron chi connectivity index (χ2n) is 6.43. The highest BCUT2D eigenvalue weighted by atomic mass is 16.5. The maximum Gasteiger partial charge on any atom is 0.344 e. The summed E-state index contributed by atoms with van der Waals surface area (Å²) in [4.78, 5) is 28.4. The van der Waals surface area contributed by atoms with Crippen molar-refractivity contribution in [3.63, 3.8) is 0 Å². The van der Waals surface area contributed by atoms with Crippen LogP contribution in [0.1, 0.15) is 26.3 Å². The van der Waals surface area contributed by atoms with Gasteiger partial charge in [-0.1, -0.05) is 36.4 Å². The number of pyridine rings is 1. The number of carbonyl (C=O) groups excluding carboxylic acids is 2. The van der Waals surface area contributed by atoms with Crippen LogP contribution in [0.2, 0.25) is 0 Å². The summed E-state index contributed by atoms with van der Waals surface area (Å²) >= 11 is 0. The topological polar surface area (TPSA) is 80.6 Å². The summed E-state index contributed by atoms with van der Waals surface area (Å²) in [5.41, 5.74) is 4.11. The summed E-state index contributed by atoms with van der Waals surface area (Å²) < 4.78 is 5.50. The van der Waals surface area contributed by atoms with E-state index in [4.69, 9.17) is 4.74 Å². The molecular weight excluding hydrogens is 378 g/mol. The molecule has 1 aromatic heterocycles. The molecule has 6 nitrogen and oxygen atoms in total. The number of fused-ring (bicyclic) bond motifs is 1. The van der Waals surface area contributed by atoms with Crippen molar-refractivity contribution < 1.29 is 14.3 Å². The standard InChI is InChI=1S/C24H17N3O3/c28-23(19-7-4-14-25-16-19)27-26-15-17-10-12-20(13-11-17)30-24(29)22-9-3-6-18-5-1-2-8-21(18)22/h1-16H,(H,27,28). The van der Waals surface area contributed by atoms with E-state index in [0.29, 0.717) is 16.9 Å². The molecule has 3 aromatic carbocycles. The highest BCUT2D eigenvalue weighted by Gasteiger charge is 2.12. The Morgan fingerprint density at radius 2 is 1.70 bits per heavy atom. The Morgan fingerprint density at radius 3 is 2.50 bits per heavy atom. The second kappa shape index (κ2) is 8.79. The van der Waals surface area contributed by atoms with E-state index in [1.54, 1.807) is 48.7 Å². The molecule has 4 aromatic rings. The minimum atomic E-state index is -0.419. The molecule has 0 bridgehead atoms. The SMILES string of the molecule is O=C(NN=Cc1ccc(OC(=O)c2cccc3ccccc23)cc1)c1cccnc1. The van der Waals surface area contributed by atoms with E-state index in [2.05, 4.69) is 15.5 Å². The molecule has 0 aliphatic heterocycles. The van der Waals surface area contributed by atoms with Gasteiger partial charge >= 0.3 is 5.97 Å². The van der Waals surface area contributed by atoms with Crippen LogP contribution in [0.3, 0.4) is 0 Å². The third-order valence-electron chi connectivity index (χ3n) is 4.40. The van der Waals surface area contributed by atoms with Gasteiger partial charge in [-0.3, -0.25) is 9.78 Å². The maximum atomic E-state index is 12.6. The molecule has 1 N–H and O–H groups in total. The van der Waals surface area contributed by atoms with E-state index < -0.39 is 5.97 Å². The molecular formula is C24H17N3O3. The lowest BCUT2D eigenvalue weighted by molar-refractivity contribution is 0.0736. The average Bonchev–Trinajstić information content (AvgIpc) is 2.80. The molecule has 6 heteroatoms. The molecule has 146 valence electrons. The largest absolute Gasteiger partial charge is 0.423 e. The first-order valence-corrected chi connectivity index (χ1v) is 9.24. The summed E-state index contributed by atoms with van der Waals surface area (Å²) in [5.74, 6) is -0.346. The van der Waals surface area contributed by atoms with Gasteiger partial charge in [-0.05, 0) is 58.8 Å². The zero-order chi connectivity index (χ0) is 20.8. The molecule has 0 aliphatic carbocycles. The molecule has 0 saturated heterocycles. The fraction of sp³-hybridized carbons (Fsp3) is 0. The van der Waals surface area contributed by atoms with E-state index >= 15 is 0 Å². The van der Waals surface area contributed by atoms with Gasteiger partial charge in [-0.15, -0.1) is 0 Å². The minimum absolute atomic E-state index is 0.347.